The molecule has 7 nitrogen and oxygen atoms in total. The Hall–Kier alpha value is -1.63. The molecule has 0 bridgehead atoms. The summed E-state index contributed by atoms with van der Waals surface area (Å²) in [5, 5.41) is 2.91. The number of nitrogens with zero attached hydrogens (tertiary/aromatic N) is 4. The van der Waals surface area contributed by atoms with Gasteiger partial charge >= 0.3 is 6.01 Å². The predicted molar refractivity (Wildman–Crippen MR) is 74.9 cm³/mol. The molecule has 19 heavy (non-hydrogen) atoms. The van der Waals surface area contributed by atoms with Gasteiger partial charge in [-0.1, -0.05) is 6.92 Å². The molecule has 0 atom stereocenters. The number of methoxy groups -OCH3 is 1. The molecule has 0 spiro atoms. The third-order valence-electron chi connectivity index (χ3n) is 2.45. The highest BCUT2D eigenvalue weighted by atomic mass is 16.5. The van der Waals surface area contributed by atoms with Crippen LogP contribution < -0.4 is 15.0 Å². The Labute approximate surface area is 114 Å². The van der Waals surface area contributed by atoms with Crippen molar-refractivity contribution in [1.29, 1.82) is 0 Å². The van der Waals surface area contributed by atoms with Gasteiger partial charge in [-0.15, -0.1) is 0 Å². The second-order valence-electron chi connectivity index (χ2n) is 4.11. The van der Waals surface area contributed by atoms with Crippen LogP contribution in [0.3, 0.4) is 0 Å². The van der Waals surface area contributed by atoms with E-state index in [1.54, 1.807) is 14.2 Å². The molecule has 0 saturated heterocycles. The van der Waals surface area contributed by atoms with E-state index in [4.69, 9.17) is 9.47 Å². The van der Waals surface area contributed by atoms with E-state index in [1.807, 2.05) is 18.9 Å². The van der Waals surface area contributed by atoms with Gasteiger partial charge in [-0.25, -0.2) is 0 Å². The molecule has 1 N–H and O–H groups in total. The van der Waals surface area contributed by atoms with Crippen LogP contribution in [0.5, 0.6) is 6.01 Å². The van der Waals surface area contributed by atoms with Gasteiger partial charge in [-0.05, 0) is 12.8 Å². The quantitative estimate of drug-likeness (QED) is 0.675. The average molecular weight is 269 g/mol. The molecule has 0 unspecified atom stereocenters. The van der Waals surface area contributed by atoms with Crippen molar-refractivity contribution in [2.75, 3.05) is 51.2 Å². The molecule has 0 amide bonds. The highest BCUT2D eigenvalue weighted by Crippen LogP contribution is 2.14. The SMILES string of the molecule is CCCOc1nc(NC)nc(N(C)CCCOC)n1. The Morgan fingerprint density at radius 1 is 1.21 bits per heavy atom. The van der Waals surface area contributed by atoms with Crippen molar-refractivity contribution in [3.05, 3.63) is 0 Å². The fourth-order valence-electron chi connectivity index (χ4n) is 1.43. The molecule has 0 aliphatic carbocycles. The van der Waals surface area contributed by atoms with Crippen LogP contribution in [0.1, 0.15) is 19.8 Å². The van der Waals surface area contributed by atoms with Crippen molar-refractivity contribution in [2.45, 2.75) is 19.8 Å². The first-order valence-electron chi connectivity index (χ1n) is 6.48. The number of nitrogens with one attached hydrogen (secondary N) is 1. The van der Waals surface area contributed by atoms with Crippen molar-refractivity contribution >= 4 is 11.9 Å². The van der Waals surface area contributed by atoms with Gasteiger partial charge in [0.25, 0.3) is 0 Å². The number of rotatable bonds is 9. The maximum absolute atomic E-state index is 5.46. The molecule has 1 aromatic rings. The monoisotopic (exact) mass is 269 g/mol. The second-order valence-corrected chi connectivity index (χ2v) is 4.11. The molecule has 0 saturated carbocycles. The minimum atomic E-state index is 0.356. The topological polar surface area (TPSA) is 72.4 Å². The first-order chi connectivity index (χ1) is 9.21. The first kappa shape index (κ1) is 15.4. The van der Waals surface area contributed by atoms with E-state index in [0.717, 1.165) is 19.4 Å². The fourth-order valence-corrected chi connectivity index (χ4v) is 1.43. The van der Waals surface area contributed by atoms with Crippen LogP contribution in [0, 0.1) is 0 Å². The second kappa shape index (κ2) is 8.47. The van der Waals surface area contributed by atoms with Crippen LogP contribution in [0.4, 0.5) is 11.9 Å². The van der Waals surface area contributed by atoms with Crippen molar-refractivity contribution in [2.24, 2.45) is 0 Å². The zero-order valence-electron chi connectivity index (χ0n) is 12.1. The Balaban J connectivity index is 2.74. The number of ether oxygens (including phenoxy) is 2. The van der Waals surface area contributed by atoms with Crippen LogP contribution >= 0.6 is 0 Å². The Morgan fingerprint density at radius 2 is 2.00 bits per heavy atom. The lowest BCUT2D eigenvalue weighted by Crippen LogP contribution is -2.23. The largest absolute Gasteiger partial charge is 0.463 e. The van der Waals surface area contributed by atoms with Gasteiger partial charge in [-0.3, -0.25) is 0 Å². The number of hydrogen-bond donors (Lipinski definition) is 1. The normalized spacial score (nSPS) is 10.3. The lowest BCUT2D eigenvalue weighted by molar-refractivity contribution is 0.196. The Kier molecular flexibility index (Phi) is 6.88. The number of aromatic nitrogens is 3. The molecule has 0 aliphatic heterocycles. The van der Waals surface area contributed by atoms with E-state index in [9.17, 15) is 0 Å². The van der Waals surface area contributed by atoms with E-state index < -0.39 is 0 Å². The van der Waals surface area contributed by atoms with Crippen LogP contribution in [-0.2, 0) is 4.74 Å². The molecule has 0 radical (unpaired) electrons. The average Bonchev–Trinajstić information content (AvgIpc) is 2.44. The number of anilines is 2. The summed E-state index contributed by atoms with van der Waals surface area (Å²) in [5.41, 5.74) is 0. The summed E-state index contributed by atoms with van der Waals surface area (Å²) >= 11 is 0. The molecular weight excluding hydrogens is 246 g/mol. The molecule has 0 fully saturated rings. The van der Waals surface area contributed by atoms with Crippen LogP contribution in [0.25, 0.3) is 0 Å². The highest BCUT2D eigenvalue weighted by molar-refractivity contribution is 5.37. The lowest BCUT2D eigenvalue weighted by atomic mass is 10.4. The van der Waals surface area contributed by atoms with Gasteiger partial charge in [0.15, 0.2) is 0 Å². The number of hydrogen-bond acceptors (Lipinski definition) is 7. The summed E-state index contributed by atoms with van der Waals surface area (Å²) in [4.78, 5) is 14.7. The molecule has 1 aromatic heterocycles. The van der Waals surface area contributed by atoms with Crippen LogP contribution in [0.2, 0.25) is 0 Å². The minimum absolute atomic E-state index is 0.356. The fraction of sp³-hybridized carbons (Fsp3) is 0.750. The summed E-state index contributed by atoms with van der Waals surface area (Å²) in [6, 6.07) is 0.356. The predicted octanol–water partition coefficient (Wildman–Crippen LogP) is 1.17. The zero-order valence-corrected chi connectivity index (χ0v) is 12.1. The summed E-state index contributed by atoms with van der Waals surface area (Å²) in [6.45, 7) is 4.17. The van der Waals surface area contributed by atoms with E-state index in [2.05, 4.69) is 20.3 Å². The standard InChI is InChI=1S/C12H23N5O2/c1-5-8-19-12-15-10(13-2)14-11(16-12)17(3)7-6-9-18-4/h5-9H2,1-4H3,(H,13,14,15,16). The van der Waals surface area contributed by atoms with Crippen molar-refractivity contribution < 1.29 is 9.47 Å². The third kappa shape index (κ3) is 5.25. The van der Waals surface area contributed by atoms with Crippen molar-refractivity contribution in [3.8, 4) is 6.01 Å². The van der Waals surface area contributed by atoms with Gasteiger partial charge in [0.05, 0.1) is 6.61 Å². The molecule has 1 heterocycles. The van der Waals surface area contributed by atoms with Crippen molar-refractivity contribution in [3.63, 3.8) is 0 Å². The first-order valence-corrected chi connectivity index (χ1v) is 6.48. The minimum Gasteiger partial charge on any atom is -0.463 e. The van der Waals surface area contributed by atoms with E-state index in [-0.39, 0.29) is 0 Å². The Morgan fingerprint density at radius 3 is 2.63 bits per heavy atom. The lowest BCUT2D eigenvalue weighted by Gasteiger charge is -2.17. The van der Waals surface area contributed by atoms with Crippen LogP contribution in [-0.4, -0.2) is 55.9 Å². The highest BCUT2D eigenvalue weighted by Gasteiger charge is 2.10. The zero-order chi connectivity index (χ0) is 14.1. The maximum Gasteiger partial charge on any atom is 0.323 e. The van der Waals surface area contributed by atoms with Gasteiger partial charge < -0.3 is 19.7 Å². The van der Waals surface area contributed by atoms with E-state index >= 15 is 0 Å². The van der Waals surface area contributed by atoms with Gasteiger partial charge in [0.2, 0.25) is 11.9 Å². The van der Waals surface area contributed by atoms with Crippen molar-refractivity contribution in [1.82, 2.24) is 15.0 Å². The molecule has 1 rings (SSSR count). The van der Waals surface area contributed by atoms with Gasteiger partial charge in [0, 0.05) is 34.4 Å². The van der Waals surface area contributed by atoms with Crippen LogP contribution in [0.15, 0.2) is 0 Å². The third-order valence-corrected chi connectivity index (χ3v) is 2.45. The Bertz CT molecular complexity index is 375. The molecule has 0 aromatic carbocycles. The van der Waals surface area contributed by atoms with Gasteiger partial charge in [-0.2, -0.15) is 15.0 Å². The summed E-state index contributed by atoms with van der Waals surface area (Å²) in [5.74, 6) is 1.11. The maximum atomic E-state index is 5.46. The van der Waals surface area contributed by atoms with E-state index in [0.29, 0.717) is 31.1 Å². The summed E-state index contributed by atoms with van der Waals surface area (Å²) in [6.07, 6.45) is 1.83. The van der Waals surface area contributed by atoms with Gasteiger partial charge in [0.1, 0.15) is 0 Å². The molecule has 0 aliphatic rings. The summed E-state index contributed by atoms with van der Waals surface area (Å²) in [7, 11) is 5.40. The summed E-state index contributed by atoms with van der Waals surface area (Å²) < 4.78 is 10.5. The smallest absolute Gasteiger partial charge is 0.323 e. The molecule has 7 heteroatoms. The molecule has 108 valence electrons. The van der Waals surface area contributed by atoms with E-state index in [1.165, 1.54) is 0 Å². The molecular formula is C12H23N5O2.